The van der Waals surface area contributed by atoms with Gasteiger partial charge in [-0.15, -0.1) is 0 Å². The van der Waals surface area contributed by atoms with Crippen LogP contribution in [-0.4, -0.2) is 19.6 Å². The number of phenolic OH excluding ortho intramolecular Hbond substituents is 1. The number of hydrogen-bond acceptors (Lipinski definition) is 3. The molecule has 0 heterocycles. The van der Waals surface area contributed by atoms with Gasteiger partial charge in [0.2, 0.25) is 10.0 Å². The van der Waals surface area contributed by atoms with Gasteiger partial charge in [0.15, 0.2) is 0 Å². The van der Waals surface area contributed by atoms with E-state index in [4.69, 9.17) is 0 Å². The second kappa shape index (κ2) is 7.50. The molecule has 0 saturated heterocycles. The number of phenols is 1. The van der Waals surface area contributed by atoms with Crippen LogP contribution in [0.5, 0.6) is 5.75 Å². The lowest BCUT2D eigenvalue weighted by Crippen LogP contribution is -2.32. The molecule has 0 aliphatic rings. The fraction of sp³-hybridized carbons (Fsp3) is 0.571. The molecule has 4 nitrogen and oxygen atoms in total. The highest BCUT2D eigenvalue weighted by molar-refractivity contribution is 7.89. The molecule has 108 valence electrons. The summed E-state index contributed by atoms with van der Waals surface area (Å²) >= 11 is 0. The minimum Gasteiger partial charge on any atom is -0.508 e. The third-order valence-electron chi connectivity index (χ3n) is 2.97. The monoisotopic (exact) mass is 285 g/mol. The lowest BCUT2D eigenvalue weighted by atomic mass is 10.1. The van der Waals surface area contributed by atoms with Crippen molar-refractivity contribution in [2.24, 2.45) is 0 Å². The van der Waals surface area contributed by atoms with Gasteiger partial charge < -0.3 is 5.11 Å². The van der Waals surface area contributed by atoms with Crippen LogP contribution in [0.3, 0.4) is 0 Å². The van der Waals surface area contributed by atoms with Gasteiger partial charge in [0.05, 0.1) is 4.90 Å². The van der Waals surface area contributed by atoms with E-state index in [2.05, 4.69) is 11.6 Å². The van der Waals surface area contributed by atoms with E-state index in [1.165, 1.54) is 37.1 Å². The van der Waals surface area contributed by atoms with Gasteiger partial charge in [-0.2, -0.15) is 0 Å². The predicted octanol–water partition coefficient (Wildman–Crippen LogP) is 3.03. The number of nitrogens with one attached hydrogen (secondary N) is 1. The van der Waals surface area contributed by atoms with E-state index in [1.54, 1.807) is 0 Å². The van der Waals surface area contributed by atoms with Crippen molar-refractivity contribution in [3.8, 4) is 5.75 Å². The smallest absolute Gasteiger partial charge is 0.240 e. The van der Waals surface area contributed by atoms with Crippen LogP contribution in [0.1, 0.15) is 46.0 Å². The maximum atomic E-state index is 12.1. The van der Waals surface area contributed by atoms with E-state index < -0.39 is 10.0 Å². The first kappa shape index (κ1) is 16.0. The van der Waals surface area contributed by atoms with Crippen LogP contribution in [0, 0.1) is 0 Å². The molecule has 0 aliphatic carbocycles. The van der Waals surface area contributed by atoms with E-state index in [0.717, 1.165) is 19.3 Å². The van der Waals surface area contributed by atoms with E-state index in [-0.39, 0.29) is 16.7 Å². The zero-order chi connectivity index (χ0) is 14.3. The summed E-state index contributed by atoms with van der Waals surface area (Å²) in [5.41, 5.74) is 0. The Morgan fingerprint density at radius 2 is 2.00 bits per heavy atom. The Hall–Kier alpha value is -1.07. The molecule has 2 N–H and O–H groups in total. The molecule has 1 atom stereocenters. The molecule has 0 amide bonds. The maximum absolute atomic E-state index is 12.1. The minimum absolute atomic E-state index is 0.0431. The molecule has 1 unspecified atom stereocenters. The first-order valence-corrected chi connectivity index (χ1v) is 8.25. The van der Waals surface area contributed by atoms with Gasteiger partial charge >= 0.3 is 0 Å². The van der Waals surface area contributed by atoms with Crippen LogP contribution in [0.25, 0.3) is 0 Å². The molecular weight excluding hydrogens is 262 g/mol. The van der Waals surface area contributed by atoms with Gasteiger partial charge in [-0.3, -0.25) is 0 Å². The summed E-state index contributed by atoms with van der Waals surface area (Å²) in [6.07, 6.45) is 5.35. The first-order chi connectivity index (χ1) is 8.95. The predicted molar refractivity (Wildman–Crippen MR) is 76.6 cm³/mol. The fourth-order valence-electron chi connectivity index (χ4n) is 1.92. The lowest BCUT2D eigenvalue weighted by Gasteiger charge is -2.14. The van der Waals surface area contributed by atoms with Gasteiger partial charge in [-0.05, 0) is 31.5 Å². The number of hydrogen-bond donors (Lipinski definition) is 2. The molecular formula is C14H23NO3S. The molecule has 0 aliphatic heterocycles. The van der Waals surface area contributed by atoms with Crippen LogP contribution >= 0.6 is 0 Å². The standard InChI is InChI=1S/C14H23NO3S/c1-3-4-5-6-8-12(2)15-19(17,18)14-10-7-9-13(16)11-14/h7,9-12,15-16H,3-6,8H2,1-2H3. The fourth-order valence-corrected chi connectivity index (χ4v) is 3.24. The molecule has 19 heavy (non-hydrogen) atoms. The Labute approximate surface area is 115 Å². The largest absolute Gasteiger partial charge is 0.508 e. The molecule has 1 aromatic carbocycles. The zero-order valence-corrected chi connectivity index (χ0v) is 12.4. The average molecular weight is 285 g/mol. The molecule has 1 rings (SSSR count). The highest BCUT2D eigenvalue weighted by Gasteiger charge is 2.17. The van der Waals surface area contributed by atoms with Crippen molar-refractivity contribution in [2.75, 3.05) is 0 Å². The molecule has 0 bridgehead atoms. The number of aromatic hydroxyl groups is 1. The number of sulfonamides is 1. The van der Waals surface area contributed by atoms with E-state index in [0.29, 0.717) is 0 Å². The Kier molecular flexibility index (Phi) is 6.31. The summed E-state index contributed by atoms with van der Waals surface area (Å²) < 4.78 is 26.8. The van der Waals surface area contributed by atoms with Gasteiger partial charge in [0, 0.05) is 6.04 Å². The Morgan fingerprint density at radius 1 is 1.26 bits per heavy atom. The summed E-state index contributed by atoms with van der Waals surface area (Å²) in [7, 11) is -3.53. The van der Waals surface area contributed by atoms with Crippen LogP contribution < -0.4 is 4.72 Å². The van der Waals surface area contributed by atoms with Gasteiger partial charge in [0.1, 0.15) is 5.75 Å². The minimum atomic E-state index is -3.53. The molecule has 0 saturated carbocycles. The van der Waals surface area contributed by atoms with Crippen molar-refractivity contribution in [2.45, 2.75) is 56.9 Å². The molecule has 0 fully saturated rings. The van der Waals surface area contributed by atoms with Crippen LogP contribution in [0.2, 0.25) is 0 Å². The van der Waals surface area contributed by atoms with Crippen LogP contribution in [0.4, 0.5) is 0 Å². The number of unbranched alkanes of at least 4 members (excludes halogenated alkanes) is 3. The van der Waals surface area contributed by atoms with Crippen molar-refractivity contribution < 1.29 is 13.5 Å². The van der Waals surface area contributed by atoms with Crippen molar-refractivity contribution in [3.05, 3.63) is 24.3 Å². The summed E-state index contributed by atoms with van der Waals surface area (Å²) in [6.45, 7) is 4.01. The Balaban J connectivity index is 2.55. The summed E-state index contributed by atoms with van der Waals surface area (Å²) in [5, 5.41) is 9.32. The first-order valence-electron chi connectivity index (χ1n) is 6.77. The average Bonchev–Trinajstić information content (AvgIpc) is 2.34. The topological polar surface area (TPSA) is 66.4 Å². The van der Waals surface area contributed by atoms with Crippen molar-refractivity contribution in [1.82, 2.24) is 4.72 Å². The summed E-state index contributed by atoms with van der Waals surface area (Å²) in [6, 6.07) is 5.62. The van der Waals surface area contributed by atoms with Gasteiger partial charge in [-0.25, -0.2) is 13.1 Å². The van der Waals surface area contributed by atoms with Crippen molar-refractivity contribution in [1.29, 1.82) is 0 Å². The molecule has 5 heteroatoms. The van der Waals surface area contributed by atoms with Crippen molar-refractivity contribution >= 4 is 10.0 Å². The van der Waals surface area contributed by atoms with Crippen molar-refractivity contribution in [3.63, 3.8) is 0 Å². The SMILES string of the molecule is CCCCCCC(C)NS(=O)(=O)c1cccc(O)c1. The molecule has 0 spiro atoms. The summed E-state index contributed by atoms with van der Waals surface area (Å²) in [5.74, 6) is -0.0431. The number of rotatable bonds is 8. The second-order valence-corrected chi connectivity index (χ2v) is 6.58. The maximum Gasteiger partial charge on any atom is 0.240 e. The van der Waals surface area contributed by atoms with Crippen LogP contribution in [-0.2, 0) is 10.0 Å². The number of benzene rings is 1. The second-order valence-electron chi connectivity index (χ2n) is 4.87. The summed E-state index contributed by atoms with van der Waals surface area (Å²) in [4.78, 5) is 0.105. The normalized spacial score (nSPS) is 13.4. The highest BCUT2D eigenvalue weighted by Crippen LogP contribution is 2.16. The third kappa shape index (κ3) is 5.61. The third-order valence-corrected chi connectivity index (χ3v) is 4.56. The molecule has 1 aromatic rings. The van der Waals surface area contributed by atoms with E-state index >= 15 is 0 Å². The van der Waals surface area contributed by atoms with Crippen LogP contribution in [0.15, 0.2) is 29.2 Å². The van der Waals surface area contributed by atoms with Gasteiger partial charge in [0.25, 0.3) is 0 Å². The van der Waals surface area contributed by atoms with Gasteiger partial charge in [-0.1, -0.05) is 38.7 Å². The lowest BCUT2D eigenvalue weighted by molar-refractivity contribution is 0.472. The Bertz CT molecular complexity index is 485. The quantitative estimate of drug-likeness (QED) is 0.721. The molecule has 0 radical (unpaired) electrons. The van der Waals surface area contributed by atoms with E-state index in [1.807, 2.05) is 6.92 Å². The zero-order valence-electron chi connectivity index (χ0n) is 11.6. The Morgan fingerprint density at radius 3 is 2.63 bits per heavy atom. The van der Waals surface area contributed by atoms with E-state index in [9.17, 15) is 13.5 Å². The molecule has 0 aromatic heterocycles. The highest BCUT2D eigenvalue weighted by atomic mass is 32.2.